The Bertz CT molecular complexity index is 1250. The van der Waals surface area contributed by atoms with E-state index in [2.05, 4.69) is 5.32 Å². The maximum atomic E-state index is 12.6. The molecule has 1 amide bonds. The summed E-state index contributed by atoms with van der Waals surface area (Å²) in [5.41, 5.74) is -0.337. The molecule has 0 aliphatic carbocycles. The summed E-state index contributed by atoms with van der Waals surface area (Å²) in [6.45, 7) is 8.41. The Morgan fingerprint density at radius 1 is 1.02 bits per heavy atom. The van der Waals surface area contributed by atoms with Crippen molar-refractivity contribution in [2.24, 2.45) is 0 Å². The van der Waals surface area contributed by atoms with E-state index < -0.39 is 25.1 Å². The molecule has 0 saturated heterocycles. The van der Waals surface area contributed by atoms with Gasteiger partial charge in [-0.25, -0.2) is 9.36 Å². The molecule has 0 saturated carbocycles. The van der Waals surface area contributed by atoms with Crippen molar-refractivity contribution in [3.63, 3.8) is 0 Å². The van der Waals surface area contributed by atoms with Crippen molar-refractivity contribution in [1.29, 1.82) is 0 Å². The lowest BCUT2D eigenvalue weighted by atomic mass is 9.94. The average Bonchev–Trinajstić information content (AvgIpc) is 2.89. The number of alkyl carbamates (subject to hydrolysis) is 1. The number of aryl methyl sites for hydroxylation is 1. The highest BCUT2D eigenvalue weighted by Crippen LogP contribution is 2.48. The van der Waals surface area contributed by atoms with Gasteiger partial charge in [-0.1, -0.05) is 29.4 Å². The summed E-state index contributed by atoms with van der Waals surface area (Å²) in [5.74, 6) is 0.522. The van der Waals surface area contributed by atoms with E-state index in [0.29, 0.717) is 29.2 Å². The van der Waals surface area contributed by atoms with Crippen molar-refractivity contribution in [2.75, 3.05) is 34.7 Å². The molecule has 0 aliphatic rings. The second-order valence-electron chi connectivity index (χ2n) is 10.4. The number of halogens is 1. The molecule has 13 heteroatoms. The maximum Gasteiger partial charge on any atom is 0.474 e. The molecule has 10 nitrogen and oxygen atoms in total. The number of benzene rings is 2. The standard InChI is InChI=1S/C28H39ClNO9PS/c1-19(31)21-10-12-24(37-18-34-6)25(15-21)41-22-11-9-20(23(29)16-22)13-14-28(5,17-38-40(33,35-7)36-8)30-26(32)39-27(2,3)4/h9-12,15-16H,13-14,17-18H2,1-8H3,(H,30,32). The highest BCUT2D eigenvalue weighted by Gasteiger charge is 2.34. The van der Waals surface area contributed by atoms with E-state index in [4.69, 9.17) is 39.4 Å². The van der Waals surface area contributed by atoms with Crippen molar-refractivity contribution in [3.05, 3.63) is 52.5 Å². The molecule has 1 N–H and O–H groups in total. The van der Waals surface area contributed by atoms with E-state index in [1.165, 1.54) is 40.0 Å². The molecule has 0 bridgehead atoms. The average molecular weight is 632 g/mol. The van der Waals surface area contributed by atoms with Crippen molar-refractivity contribution in [2.45, 2.75) is 68.4 Å². The Balaban J connectivity index is 2.24. The number of phosphoric ester groups is 1. The van der Waals surface area contributed by atoms with Crippen LogP contribution < -0.4 is 10.1 Å². The first kappa shape index (κ1) is 35.1. The zero-order valence-corrected chi connectivity index (χ0v) is 27.2. The van der Waals surface area contributed by atoms with Crippen LogP contribution in [0.3, 0.4) is 0 Å². The SMILES string of the molecule is COCOc1ccc(C(C)=O)cc1Sc1ccc(CCC(C)(COP(=O)(OC)OC)NC(=O)OC(C)(C)C)c(Cl)c1. The second kappa shape index (κ2) is 15.4. The molecule has 2 aromatic carbocycles. The van der Waals surface area contributed by atoms with Crippen LogP contribution in [0.1, 0.15) is 57.0 Å². The monoisotopic (exact) mass is 631 g/mol. The minimum absolute atomic E-state index is 0.0575. The Morgan fingerprint density at radius 2 is 1.71 bits per heavy atom. The van der Waals surface area contributed by atoms with Crippen molar-refractivity contribution in [1.82, 2.24) is 5.32 Å². The predicted octanol–water partition coefficient (Wildman–Crippen LogP) is 7.31. The fourth-order valence-electron chi connectivity index (χ4n) is 3.50. The van der Waals surface area contributed by atoms with Crippen LogP contribution in [-0.4, -0.2) is 57.7 Å². The third-order valence-electron chi connectivity index (χ3n) is 5.67. The number of ether oxygens (including phenoxy) is 3. The molecule has 2 aromatic rings. The molecule has 41 heavy (non-hydrogen) atoms. The van der Waals surface area contributed by atoms with Gasteiger partial charge in [0.2, 0.25) is 0 Å². The van der Waals surface area contributed by atoms with Crippen LogP contribution in [0.4, 0.5) is 4.79 Å². The van der Waals surface area contributed by atoms with Crippen LogP contribution in [0, 0.1) is 0 Å². The van der Waals surface area contributed by atoms with Crippen molar-refractivity contribution >= 4 is 43.1 Å². The molecule has 0 fully saturated rings. The number of nitrogens with one attached hydrogen (secondary N) is 1. The first-order chi connectivity index (χ1) is 19.1. The van der Waals surface area contributed by atoms with Crippen LogP contribution in [0.2, 0.25) is 5.02 Å². The molecule has 0 spiro atoms. The summed E-state index contributed by atoms with van der Waals surface area (Å²) in [5, 5.41) is 3.34. The third-order valence-corrected chi connectivity index (χ3v) is 8.39. The number of rotatable bonds is 15. The minimum atomic E-state index is -3.79. The Morgan fingerprint density at radius 3 is 2.27 bits per heavy atom. The zero-order valence-electron chi connectivity index (χ0n) is 24.7. The normalized spacial score (nSPS) is 13.4. The van der Waals surface area contributed by atoms with E-state index in [1.807, 2.05) is 18.2 Å². The molecule has 0 radical (unpaired) electrons. The van der Waals surface area contributed by atoms with Gasteiger partial charge in [0.25, 0.3) is 0 Å². The van der Waals surface area contributed by atoms with Crippen LogP contribution >= 0.6 is 31.2 Å². The summed E-state index contributed by atoms with van der Waals surface area (Å²) in [6.07, 6.45) is 0.165. The largest absolute Gasteiger partial charge is 0.474 e. The molecule has 0 aliphatic heterocycles. The van der Waals surface area contributed by atoms with Gasteiger partial charge in [0.15, 0.2) is 12.6 Å². The van der Waals surface area contributed by atoms with Crippen LogP contribution in [0.25, 0.3) is 0 Å². The molecule has 2 rings (SSSR count). The van der Waals surface area contributed by atoms with Crippen LogP contribution in [0.15, 0.2) is 46.2 Å². The van der Waals surface area contributed by atoms with Gasteiger partial charge >= 0.3 is 13.9 Å². The fraction of sp³-hybridized carbons (Fsp3) is 0.500. The Kier molecular flexibility index (Phi) is 13.2. The van der Waals surface area contributed by atoms with Gasteiger partial charge in [0, 0.05) is 36.8 Å². The van der Waals surface area contributed by atoms with E-state index in [1.54, 1.807) is 45.9 Å². The molecule has 0 heterocycles. The number of hydrogen-bond donors (Lipinski definition) is 1. The Labute approximate surface area is 251 Å². The predicted molar refractivity (Wildman–Crippen MR) is 158 cm³/mol. The van der Waals surface area contributed by atoms with Gasteiger partial charge < -0.3 is 19.5 Å². The number of phosphoric acid groups is 1. The maximum absolute atomic E-state index is 12.6. The number of carbonyl (C=O) groups excluding carboxylic acids is 2. The summed E-state index contributed by atoms with van der Waals surface area (Å²) in [6, 6.07) is 10.8. The van der Waals surface area contributed by atoms with Crippen LogP contribution in [-0.2, 0) is 34.0 Å². The van der Waals surface area contributed by atoms with E-state index in [0.717, 1.165) is 15.4 Å². The lowest BCUT2D eigenvalue weighted by Gasteiger charge is -2.32. The number of carbonyl (C=O) groups is 2. The number of methoxy groups -OCH3 is 1. The summed E-state index contributed by atoms with van der Waals surface area (Å²) in [4.78, 5) is 26.1. The first-order valence-electron chi connectivity index (χ1n) is 12.7. The Hall–Kier alpha value is -2.11. The molecular weight excluding hydrogens is 593 g/mol. The van der Waals surface area contributed by atoms with Gasteiger partial charge in [-0.05, 0) is 83.4 Å². The van der Waals surface area contributed by atoms with Crippen molar-refractivity contribution in [3.8, 4) is 5.75 Å². The number of amides is 1. The van der Waals surface area contributed by atoms with Gasteiger partial charge in [-0.2, -0.15) is 0 Å². The minimum Gasteiger partial charge on any atom is -0.466 e. The molecule has 1 atom stereocenters. The van der Waals surface area contributed by atoms with E-state index >= 15 is 0 Å². The van der Waals surface area contributed by atoms with Gasteiger partial charge in [0.1, 0.15) is 11.4 Å². The van der Waals surface area contributed by atoms with Gasteiger partial charge in [-0.3, -0.25) is 18.4 Å². The highest BCUT2D eigenvalue weighted by atomic mass is 35.5. The molecule has 228 valence electrons. The van der Waals surface area contributed by atoms with Crippen LogP contribution in [0.5, 0.6) is 5.75 Å². The number of Topliss-reactive ketones (excluding diaryl/α,β-unsaturated/α-hetero) is 1. The van der Waals surface area contributed by atoms with E-state index in [9.17, 15) is 14.2 Å². The van der Waals surface area contributed by atoms with E-state index in [-0.39, 0.29) is 19.2 Å². The zero-order chi connectivity index (χ0) is 30.8. The third kappa shape index (κ3) is 11.6. The quantitative estimate of drug-likeness (QED) is 0.122. The lowest BCUT2D eigenvalue weighted by molar-refractivity contribution is 0.0389. The highest BCUT2D eigenvalue weighted by molar-refractivity contribution is 7.99. The second-order valence-corrected chi connectivity index (χ2v) is 13.8. The number of hydrogen-bond acceptors (Lipinski definition) is 10. The van der Waals surface area contributed by atoms with Crippen molar-refractivity contribution < 1.29 is 41.9 Å². The topological polar surface area (TPSA) is 119 Å². The lowest BCUT2D eigenvalue weighted by Crippen LogP contribution is -2.51. The molecule has 0 aromatic heterocycles. The summed E-state index contributed by atoms with van der Waals surface area (Å²) < 4.78 is 43.8. The summed E-state index contributed by atoms with van der Waals surface area (Å²) in [7, 11) is 0.169. The fourth-order valence-corrected chi connectivity index (χ4v) is 5.63. The van der Waals surface area contributed by atoms with Gasteiger partial charge in [0.05, 0.1) is 17.0 Å². The molecular formula is C28H39ClNO9PS. The summed E-state index contributed by atoms with van der Waals surface area (Å²) >= 11 is 8.07. The number of ketones is 1. The molecule has 1 unspecified atom stereocenters. The van der Waals surface area contributed by atoms with Gasteiger partial charge in [-0.15, -0.1) is 0 Å². The first-order valence-corrected chi connectivity index (χ1v) is 15.4. The smallest absolute Gasteiger partial charge is 0.466 e.